The molecule has 0 bridgehead atoms. The fourth-order valence-corrected chi connectivity index (χ4v) is 7.54. The average Bonchev–Trinajstić information content (AvgIpc) is 3.61. The number of carbonyl (C=O) groups excluding carboxylic acids is 1. The number of hydrogen-bond acceptors (Lipinski definition) is 4. The Hall–Kier alpha value is -4.09. The largest absolute Gasteiger partial charge is 0.512 e. The first kappa shape index (κ1) is 30.9. The molecule has 8 rings (SSSR count). The van der Waals surface area contributed by atoms with Gasteiger partial charge in [0.05, 0.1) is 11.3 Å². The Morgan fingerprint density at radius 1 is 0.867 bits per heavy atom. The minimum Gasteiger partial charge on any atom is -0.512 e. The zero-order valence-electron chi connectivity index (χ0n) is 25.9. The Morgan fingerprint density at radius 3 is 2.27 bits per heavy atom. The van der Waals surface area contributed by atoms with Crippen LogP contribution in [0.1, 0.15) is 40.2 Å². The molecule has 4 aromatic carbocycles. The molecule has 0 fully saturated rings. The molecule has 0 aliphatic carbocycles. The molecule has 4 aromatic heterocycles. The maximum atomic E-state index is 10.0. The first-order valence-corrected chi connectivity index (χ1v) is 15.7. The summed E-state index contributed by atoms with van der Waals surface area (Å²) < 4.78 is 5.13. The Balaban J connectivity index is 0.000000404. The number of para-hydroxylation sites is 1. The van der Waals surface area contributed by atoms with Gasteiger partial charge < -0.3 is 14.5 Å². The van der Waals surface area contributed by atoms with Crippen molar-refractivity contribution < 1.29 is 30.0 Å². The Labute approximate surface area is 279 Å². The smallest absolute Gasteiger partial charge is 0.155 e. The van der Waals surface area contributed by atoms with Crippen molar-refractivity contribution in [3.05, 3.63) is 109 Å². The summed E-state index contributed by atoms with van der Waals surface area (Å²) in [5, 5.41) is 16.2. The Bertz CT molecular complexity index is 2400. The SMILES string of the molecule is CC(=O)/C=C(/C)O.CC(C)(C)Cc1ccnc(-c2[c-]cc3c(c2)c2cccc4c5cc6c(cc5n3c24)sc2ccccc26)c1.[Ir]. The number of benzene rings is 4. The molecule has 0 aliphatic heterocycles. The zero-order valence-corrected chi connectivity index (χ0v) is 29.1. The second kappa shape index (κ2) is 11.7. The van der Waals surface area contributed by atoms with Gasteiger partial charge in [-0.2, -0.15) is 0 Å². The van der Waals surface area contributed by atoms with Crippen LogP contribution in [0.4, 0.5) is 0 Å². The van der Waals surface area contributed by atoms with E-state index in [1.807, 2.05) is 17.5 Å². The molecular formula is C39H33IrN2O2S-. The third kappa shape index (κ3) is 5.63. The van der Waals surface area contributed by atoms with Crippen LogP contribution < -0.4 is 0 Å². The summed E-state index contributed by atoms with van der Waals surface area (Å²) in [5.74, 6) is -0.0625. The van der Waals surface area contributed by atoms with E-state index in [1.54, 1.807) is 0 Å². The predicted molar refractivity (Wildman–Crippen MR) is 186 cm³/mol. The third-order valence-corrected chi connectivity index (χ3v) is 9.13. The molecular weight excluding hydrogens is 753 g/mol. The number of allylic oxidation sites excluding steroid dienone is 2. The zero-order chi connectivity index (χ0) is 30.7. The minimum absolute atomic E-state index is 0. The summed E-state index contributed by atoms with van der Waals surface area (Å²) in [6, 6.07) is 32.7. The van der Waals surface area contributed by atoms with Crippen LogP contribution >= 0.6 is 11.3 Å². The molecule has 4 heterocycles. The number of fused-ring (bicyclic) bond motifs is 9. The second-order valence-electron chi connectivity index (χ2n) is 12.8. The molecule has 227 valence electrons. The van der Waals surface area contributed by atoms with Crippen molar-refractivity contribution in [1.82, 2.24) is 9.38 Å². The Kier molecular flexibility index (Phi) is 8.03. The first-order valence-electron chi connectivity index (χ1n) is 14.9. The summed E-state index contributed by atoms with van der Waals surface area (Å²) in [7, 11) is 0. The van der Waals surface area contributed by atoms with E-state index in [1.165, 1.54) is 83.8 Å². The van der Waals surface area contributed by atoms with Gasteiger partial charge in [0.15, 0.2) is 5.78 Å². The van der Waals surface area contributed by atoms with Crippen molar-refractivity contribution in [2.45, 2.75) is 41.0 Å². The minimum atomic E-state index is -0.125. The van der Waals surface area contributed by atoms with Gasteiger partial charge in [0.1, 0.15) is 0 Å². The Morgan fingerprint density at radius 2 is 1.58 bits per heavy atom. The van der Waals surface area contributed by atoms with Gasteiger partial charge in [-0.25, -0.2) is 0 Å². The summed E-state index contributed by atoms with van der Waals surface area (Å²) in [6.07, 6.45) is 4.13. The van der Waals surface area contributed by atoms with Crippen molar-refractivity contribution in [2.75, 3.05) is 0 Å². The van der Waals surface area contributed by atoms with Gasteiger partial charge in [-0.15, -0.1) is 35.1 Å². The van der Waals surface area contributed by atoms with Gasteiger partial charge in [0.2, 0.25) is 0 Å². The fourth-order valence-electron chi connectivity index (χ4n) is 6.42. The van der Waals surface area contributed by atoms with Gasteiger partial charge in [-0.05, 0) is 66.5 Å². The van der Waals surface area contributed by atoms with Crippen LogP contribution in [0, 0.1) is 11.5 Å². The molecule has 0 unspecified atom stereocenters. The van der Waals surface area contributed by atoms with Crippen molar-refractivity contribution in [2.24, 2.45) is 5.41 Å². The number of aliphatic hydroxyl groups excluding tert-OH is 1. The number of rotatable bonds is 3. The molecule has 0 spiro atoms. The van der Waals surface area contributed by atoms with Crippen LogP contribution in [0.3, 0.4) is 0 Å². The summed E-state index contributed by atoms with van der Waals surface area (Å²) in [6.45, 7) is 9.68. The van der Waals surface area contributed by atoms with Gasteiger partial charge in [0.25, 0.3) is 0 Å². The van der Waals surface area contributed by atoms with Crippen LogP contribution in [0.5, 0.6) is 0 Å². The molecule has 45 heavy (non-hydrogen) atoms. The normalized spacial score (nSPS) is 12.3. The number of pyridine rings is 1. The first-order chi connectivity index (χ1) is 21.1. The van der Waals surface area contributed by atoms with Crippen molar-refractivity contribution in [1.29, 1.82) is 0 Å². The van der Waals surface area contributed by atoms with E-state index in [2.05, 4.69) is 110 Å². The third-order valence-electron chi connectivity index (χ3n) is 7.99. The summed E-state index contributed by atoms with van der Waals surface area (Å²) in [4.78, 5) is 14.7. The number of ketones is 1. The average molecular weight is 786 g/mol. The standard InChI is InChI=1S/C34H25N2S.C5H8O2.Ir/c1-34(2,3)19-20-13-14-35-28(15-20)21-11-12-29-25(16-21)23-8-6-9-24-26-17-27-22-7-4-5-10-31(22)37-32(27)18-30(26)36(29)33(23)24;1-4(6)3-5(2)7;/h4-10,12-18H,19H2,1-3H3;3,6H,1-2H3;/q-1;;/b;4-3-;. The number of nitrogens with zero attached hydrogens (tertiary/aromatic N) is 2. The van der Waals surface area contributed by atoms with E-state index in [0.717, 1.165) is 17.7 Å². The maximum absolute atomic E-state index is 10.0. The van der Waals surface area contributed by atoms with Crippen molar-refractivity contribution >= 4 is 75.4 Å². The van der Waals surface area contributed by atoms with Gasteiger partial charge in [0, 0.05) is 68.8 Å². The van der Waals surface area contributed by atoms with Crippen LogP contribution in [0.2, 0.25) is 0 Å². The van der Waals surface area contributed by atoms with Gasteiger partial charge >= 0.3 is 0 Å². The van der Waals surface area contributed by atoms with Crippen molar-refractivity contribution in [3.63, 3.8) is 0 Å². The molecule has 8 aromatic rings. The van der Waals surface area contributed by atoms with E-state index in [0.29, 0.717) is 0 Å². The van der Waals surface area contributed by atoms with E-state index < -0.39 is 0 Å². The summed E-state index contributed by atoms with van der Waals surface area (Å²) >= 11 is 1.88. The van der Waals surface area contributed by atoms with Crippen LogP contribution in [-0.2, 0) is 31.3 Å². The quantitative estimate of drug-likeness (QED) is 0.110. The molecule has 0 atom stereocenters. The molecule has 4 nitrogen and oxygen atoms in total. The van der Waals surface area contributed by atoms with Gasteiger partial charge in [-0.3, -0.25) is 4.79 Å². The van der Waals surface area contributed by atoms with Crippen molar-refractivity contribution in [3.8, 4) is 11.3 Å². The van der Waals surface area contributed by atoms with Crippen LogP contribution in [0.15, 0.2) is 96.9 Å². The number of thiophene rings is 1. The van der Waals surface area contributed by atoms with E-state index in [9.17, 15) is 4.79 Å². The monoisotopic (exact) mass is 786 g/mol. The molecule has 0 saturated carbocycles. The summed E-state index contributed by atoms with van der Waals surface area (Å²) in [5.41, 5.74) is 7.37. The van der Waals surface area contributed by atoms with E-state index in [-0.39, 0.29) is 37.1 Å². The number of aromatic nitrogens is 2. The molecule has 0 amide bonds. The molecule has 6 heteroatoms. The van der Waals surface area contributed by atoms with Gasteiger partial charge in [-0.1, -0.05) is 74.2 Å². The van der Waals surface area contributed by atoms with E-state index >= 15 is 0 Å². The maximum Gasteiger partial charge on any atom is 0.155 e. The molecule has 1 N–H and O–H groups in total. The molecule has 0 aliphatic rings. The van der Waals surface area contributed by atoms with Crippen LogP contribution in [0.25, 0.3) is 69.5 Å². The number of aliphatic hydroxyl groups is 1. The molecule has 0 saturated heterocycles. The second-order valence-corrected chi connectivity index (χ2v) is 13.9. The predicted octanol–water partition coefficient (Wildman–Crippen LogP) is 10.7. The number of hydrogen-bond donors (Lipinski definition) is 1. The van der Waals surface area contributed by atoms with E-state index in [4.69, 9.17) is 10.1 Å². The molecule has 1 radical (unpaired) electrons. The van der Waals surface area contributed by atoms with Crippen LogP contribution in [-0.4, -0.2) is 20.3 Å². The number of carbonyl (C=O) groups is 1. The topological polar surface area (TPSA) is 54.6 Å². The fraction of sp³-hybridized carbons (Fsp3) is 0.179.